The fourth-order valence-electron chi connectivity index (χ4n) is 3.07. The summed E-state index contributed by atoms with van der Waals surface area (Å²) in [5.41, 5.74) is 5.41. The summed E-state index contributed by atoms with van der Waals surface area (Å²) in [4.78, 5) is 23.8. The van der Waals surface area contributed by atoms with Gasteiger partial charge in [0.2, 0.25) is 5.91 Å². The Bertz CT molecular complexity index is 499. The molecule has 0 radical (unpaired) electrons. The molecule has 0 aromatic heterocycles. The number of rotatable bonds is 5. The molecule has 2 atom stereocenters. The number of β-amino-alcohol motifs (C(OH)–C–C–N with tert-alkyl or cyclic N) is 1. The number of carbonyl (C=O) groups excluding carboxylic acids is 1. The maximum Gasteiger partial charge on any atom is 0.407 e. The monoisotopic (exact) mass is 344 g/mol. The second kappa shape index (κ2) is 7.02. The van der Waals surface area contributed by atoms with Crippen LogP contribution in [-0.4, -0.2) is 60.7 Å². The Kier molecular flexibility index (Phi) is 6.00. The molecule has 0 saturated heterocycles. The van der Waals surface area contributed by atoms with Gasteiger partial charge in [0.25, 0.3) is 0 Å². The third-order valence-corrected chi connectivity index (χ3v) is 6.49. The van der Waals surface area contributed by atoms with Crippen LogP contribution in [0.25, 0.3) is 0 Å². The number of hydrogen-bond acceptors (Lipinski definition) is 4. The number of carbonyl (C=O) groups is 2. The van der Waals surface area contributed by atoms with Crippen molar-refractivity contribution in [1.82, 2.24) is 4.90 Å². The van der Waals surface area contributed by atoms with E-state index in [0.29, 0.717) is 0 Å². The Labute approximate surface area is 138 Å². The molecule has 7 nitrogen and oxygen atoms in total. The molecular formula is C15H28N2O5Si. The van der Waals surface area contributed by atoms with Crippen LogP contribution in [0, 0.1) is 5.41 Å². The van der Waals surface area contributed by atoms with Gasteiger partial charge in [-0.05, 0) is 30.6 Å². The zero-order valence-corrected chi connectivity index (χ0v) is 15.5. The maximum atomic E-state index is 11.4. The highest BCUT2D eigenvalue weighted by molar-refractivity contribution is 6.71. The largest absolute Gasteiger partial charge is 0.465 e. The minimum Gasteiger partial charge on any atom is -0.465 e. The quantitative estimate of drug-likeness (QED) is 0.652. The molecule has 2 unspecified atom stereocenters. The SMILES string of the molecule is CC(C)(C)C[Si](C)(C)OCC1C=C(C(N)=O)C(O)CN1C(=O)O. The summed E-state index contributed by atoms with van der Waals surface area (Å²) in [6.07, 6.45) is -0.945. The van der Waals surface area contributed by atoms with Crippen molar-refractivity contribution in [3.8, 4) is 0 Å². The van der Waals surface area contributed by atoms with Gasteiger partial charge < -0.3 is 20.4 Å². The number of nitrogens with zero attached hydrogens (tertiary/aromatic N) is 1. The Balaban J connectivity index is 2.89. The molecular weight excluding hydrogens is 316 g/mol. The van der Waals surface area contributed by atoms with Crippen molar-refractivity contribution in [1.29, 1.82) is 0 Å². The maximum absolute atomic E-state index is 11.4. The molecule has 0 aromatic carbocycles. The molecule has 0 fully saturated rings. The fourth-order valence-corrected chi connectivity index (χ4v) is 6.35. The molecule has 1 rings (SSSR count). The minimum atomic E-state index is -1.98. The van der Waals surface area contributed by atoms with Crippen molar-refractivity contribution in [3.63, 3.8) is 0 Å². The molecule has 0 spiro atoms. The van der Waals surface area contributed by atoms with Gasteiger partial charge in [0.05, 0.1) is 19.2 Å². The normalized spacial score (nSPS) is 22.7. The van der Waals surface area contributed by atoms with Gasteiger partial charge in [0.1, 0.15) is 6.10 Å². The van der Waals surface area contributed by atoms with Gasteiger partial charge in [-0.15, -0.1) is 0 Å². The lowest BCUT2D eigenvalue weighted by atomic mass is 10.00. The average molecular weight is 344 g/mol. The summed E-state index contributed by atoms with van der Waals surface area (Å²) in [6.45, 7) is 10.5. The van der Waals surface area contributed by atoms with Crippen LogP contribution in [0.5, 0.6) is 0 Å². The number of primary amides is 1. The zero-order valence-electron chi connectivity index (χ0n) is 14.5. The van der Waals surface area contributed by atoms with E-state index in [9.17, 15) is 19.8 Å². The summed E-state index contributed by atoms with van der Waals surface area (Å²) in [5.74, 6) is -0.737. The molecule has 0 saturated carbocycles. The van der Waals surface area contributed by atoms with Crippen LogP contribution in [0.4, 0.5) is 4.79 Å². The first kappa shape index (κ1) is 19.7. The van der Waals surface area contributed by atoms with Crippen molar-refractivity contribution in [2.24, 2.45) is 11.1 Å². The predicted molar refractivity (Wildman–Crippen MR) is 89.5 cm³/mol. The van der Waals surface area contributed by atoms with Crippen molar-refractivity contribution in [2.75, 3.05) is 13.2 Å². The highest BCUT2D eigenvalue weighted by Crippen LogP contribution is 2.29. The Hall–Kier alpha value is -1.38. The highest BCUT2D eigenvalue weighted by atomic mass is 28.4. The smallest absolute Gasteiger partial charge is 0.407 e. The van der Waals surface area contributed by atoms with E-state index in [1.165, 1.54) is 6.08 Å². The standard InChI is InChI=1S/C15H28N2O5Si/c1-15(2,3)9-23(4,5)22-8-10-6-11(13(16)19)12(18)7-17(10)14(20)21/h6,10,12,18H,7-9H2,1-5H3,(H2,16,19)(H,20,21). The van der Waals surface area contributed by atoms with Gasteiger partial charge in [-0.3, -0.25) is 9.69 Å². The first-order chi connectivity index (χ1) is 10.3. The Morgan fingerprint density at radius 3 is 2.43 bits per heavy atom. The topological polar surface area (TPSA) is 113 Å². The van der Waals surface area contributed by atoms with Crippen LogP contribution in [0.3, 0.4) is 0 Å². The number of amides is 2. The molecule has 2 amide bonds. The second-order valence-electron chi connectivity index (χ2n) is 7.81. The number of aliphatic hydroxyl groups is 1. The molecule has 0 aromatic rings. The highest BCUT2D eigenvalue weighted by Gasteiger charge is 2.36. The van der Waals surface area contributed by atoms with E-state index < -0.39 is 32.5 Å². The molecule has 0 aliphatic carbocycles. The lowest BCUT2D eigenvalue weighted by Gasteiger charge is -2.37. The van der Waals surface area contributed by atoms with Gasteiger partial charge in [0.15, 0.2) is 8.32 Å². The third-order valence-electron chi connectivity index (χ3n) is 3.63. The van der Waals surface area contributed by atoms with E-state index in [2.05, 4.69) is 33.9 Å². The van der Waals surface area contributed by atoms with Crippen LogP contribution in [-0.2, 0) is 9.22 Å². The van der Waals surface area contributed by atoms with Gasteiger partial charge in [0, 0.05) is 5.57 Å². The third kappa shape index (κ3) is 5.96. The van der Waals surface area contributed by atoms with Gasteiger partial charge in [-0.1, -0.05) is 20.8 Å². The molecule has 0 bridgehead atoms. The number of carboxylic acid groups (broad SMARTS) is 1. The van der Waals surface area contributed by atoms with Crippen molar-refractivity contribution < 1.29 is 24.2 Å². The summed E-state index contributed by atoms with van der Waals surface area (Å²) in [6, 6.07) is 0.305. The van der Waals surface area contributed by atoms with E-state index in [4.69, 9.17) is 10.2 Å². The molecule has 8 heteroatoms. The number of nitrogens with two attached hydrogens (primary N) is 1. The Morgan fingerprint density at radius 1 is 1.43 bits per heavy atom. The first-order valence-corrected chi connectivity index (χ1v) is 10.8. The van der Waals surface area contributed by atoms with Crippen molar-refractivity contribution in [3.05, 3.63) is 11.6 Å². The summed E-state index contributed by atoms with van der Waals surface area (Å²) >= 11 is 0. The molecule has 23 heavy (non-hydrogen) atoms. The van der Waals surface area contributed by atoms with Gasteiger partial charge in [-0.2, -0.15) is 0 Å². The lowest BCUT2D eigenvalue weighted by molar-refractivity contribution is -0.116. The van der Waals surface area contributed by atoms with E-state index in [1.807, 2.05) is 0 Å². The van der Waals surface area contributed by atoms with Crippen LogP contribution in [0.15, 0.2) is 11.6 Å². The van der Waals surface area contributed by atoms with E-state index in [1.54, 1.807) is 0 Å². The molecule has 1 aliphatic heterocycles. The van der Waals surface area contributed by atoms with Crippen LogP contribution in [0.2, 0.25) is 19.1 Å². The second-order valence-corrected chi connectivity index (χ2v) is 12.0. The van der Waals surface area contributed by atoms with Crippen LogP contribution in [0.1, 0.15) is 20.8 Å². The summed E-state index contributed by atoms with van der Waals surface area (Å²) in [7, 11) is -1.98. The number of hydrogen-bond donors (Lipinski definition) is 3. The molecule has 1 aliphatic rings. The van der Waals surface area contributed by atoms with E-state index >= 15 is 0 Å². The molecule has 4 N–H and O–H groups in total. The Morgan fingerprint density at radius 2 is 2.00 bits per heavy atom. The van der Waals surface area contributed by atoms with E-state index in [0.717, 1.165) is 10.9 Å². The average Bonchev–Trinajstić information content (AvgIpc) is 2.33. The lowest BCUT2D eigenvalue weighted by Crippen LogP contribution is -2.52. The summed E-state index contributed by atoms with van der Waals surface area (Å²) < 4.78 is 6.04. The molecule has 132 valence electrons. The zero-order chi connectivity index (χ0) is 18.0. The summed E-state index contributed by atoms with van der Waals surface area (Å²) in [5, 5.41) is 19.1. The van der Waals surface area contributed by atoms with Gasteiger partial charge in [-0.25, -0.2) is 4.79 Å². The number of aliphatic hydroxyl groups excluding tert-OH is 1. The fraction of sp³-hybridized carbons (Fsp3) is 0.733. The minimum absolute atomic E-state index is 0.0476. The van der Waals surface area contributed by atoms with Crippen LogP contribution >= 0.6 is 0 Å². The first-order valence-electron chi connectivity index (χ1n) is 7.65. The van der Waals surface area contributed by atoms with Gasteiger partial charge >= 0.3 is 6.09 Å². The molecule has 1 heterocycles. The van der Waals surface area contributed by atoms with E-state index in [-0.39, 0.29) is 24.1 Å². The van der Waals surface area contributed by atoms with Crippen LogP contribution < -0.4 is 5.73 Å². The van der Waals surface area contributed by atoms with Crippen molar-refractivity contribution in [2.45, 2.75) is 52.1 Å². The predicted octanol–water partition coefficient (Wildman–Crippen LogP) is 1.39. The van der Waals surface area contributed by atoms with Crippen molar-refractivity contribution >= 4 is 20.3 Å².